The molecular formula is C16H24N2O3. The van der Waals surface area contributed by atoms with Gasteiger partial charge in [0, 0.05) is 19.0 Å². The molecule has 1 aliphatic rings. The normalized spacial score (nSPS) is 21.9. The molecule has 0 saturated carbocycles. The minimum absolute atomic E-state index is 0.0354. The molecule has 1 heterocycles. The molecule has 0 spiro atoms. The van der Waals surface area contributed by atoms with Crippen molar-refractivity contribution in [3.8, 4) is 5.75 Å². The van der Waals surface area contributed by atoms with Gasteiger partial charge in [-0.2, -0.15) is 0 Å². The first-order chi connectivity index (χ1) is 9.89. The van der Waals surface area contributed by atoms with Crippen LogP contribution in [-0.4, -0.2) is 37.9 Å². The minimum atomic E-state index is -0.480. The monoisotopic (exact) mass is 292 g/mol. The molecule has 0 aromatic heterocycles. The predicted molar refractivity (Wildman–Crippen MR) is 81.8 cm³/mol. The van der Waals surface area contributed by atoms with Crippen LogP contribution in [0.25, 0.3) is 0 Å². The van der Waals surface area contributed by atoms with E-state index >= 15 is 0 Å². The lowest BCUT2D eigenvalue weighted by molar-refractivity contribution is 0.0504. The molecule has 1 fully saturated rings. The van der Waals surface area contributed by atoms with Gasteiger partial charge in [0.25, 0.3) is 0 Å². The topological polar surface area (TPSA) is 59.6 Å². The average molecular weight is 292 g/mol. The third-order valence-corrected chi connectivity index (χ3v) is 3.46. The Hall–Kier alpha value is -1.75. The van der Waals surface area contributed by atoms with E-state index in [0.29, 0.717) is 0 Å². The summed E-state index contributed by atoms with van der Waals surface area (Å²) in [5, 5.41) is 6.27. The van der Waals surface area contributed by atoms with Gasteiger partial charge in [-0.1, -0.05) is 12.1 Å². The van der Waals surface area contributed by atoms with Gasteiger partial charge in [0.2, 0.25) is 0 Å². The number of hydrogen-bond acceptors (Lipinski definition) is 4. The van der Waals surface area contributed by atoms with Gasteiger partial charge < -0.3 is 20.1 Å². The van der Waals surface area contributed by atoms with Gasteiger partial charge in [-0.15, -0.1) is 0 Å². The number of carbonyl (C=O) groups excluding carboxylic acids is 1. The van der Waals surface area contributed by atoms with E-state index in [0.717, 1.165) is 18.8 Å². The highest BCUT2D eigenvalue weighted by Gasteiger charge is 2.31. The zero-order valence-corrected chi connectivity index (χ0v) is 13.1. The molecule has 1 amide bonds. The minimum Gasteiger partial charge on any atom is -0.497 e. The van der Waals surface area contributed by atoms with Gasteiger partial charge in [0.15, 0.2) is 0 Å². The first-order valence-corrected chi connectivity index (χ1v) is 7.23. The summed E-state index contributed by atoms with van der Waals surface area (Å²) in [5.41, 5.74) is 0.702. The van der Waals surface area contributed by atoms with Gasteiger partial charge in [0.1, 0.15) is 11.4 Å². The Morgan fingerprint density at radius 1 is 1.24 bits per heavy atom. The van der Waals surface area contributed by atoms with Crippen molar-refractivity contribution in [3.05, 3.63) is 29.8 Å². The second-order valence-electron chi connectivity index (χ2n) is 6.29. The van der Waals surface area contributed by atoms with Crippen LogP contribution in [0.4, 0.5) is 4.79 Å². The lowest BCUT2D eigenvalue weighted by atomic mass is 9.94. The number of ether oxygens (including phenoxy) is 2. The third kappa shape index (κ3) is 4.36. The van der Waals surface area contributed by atoms with Crippen molar-refractivity contribution >= 4 is 6.09 Å². The van der Waals surface area contributed by atoms with E-state index in [1.165, 1.54) is 5.56 Å². The highest BCUT2D eigenvalue weighted by molar-refractivity contribution is 5.68. The lowest BCUT2D eigenvalue weighted by Gasteiger charge is -2.24. The number of hydrogen-bond donors (Lipinski definition) is 2. The fourth-order valence-electron chi connectivity index (χ4n) is 2.49. The van der Waals surface area contributed by atoms with Crippen LogP contribution in [0.3, 0.4) is 0 Å². The van der Waals surface area contributed by atoms with Gasteiger partial charge in [-0.3, -0.25) is 0 Å². The Kier molecular flexibility index (Phi) is 4.73. The Bertz CT molecular complexity index is 479. The van der Waals surface area contributed by atoms with Crippen LogP contribution in [0.15, 0.2) is 24.3 Å². The van der Waals surface area contributed by atoms with Crippen molar-refractivity contribution in [3.63, 3.8) is 0 Å². The summed E-state index contributed by atoms with van der Waals surface area (Å²) in [5.74, 6) is 1.07. The molecule has 1 aliphatic heterocycles. The maximum atomic E-state index is 11.9. The summed E-state index contributed by atoms with van der Waals surface area (Å²) < 4.78 is 10.5. The number of nitrogens with one attached hydrogen (secondary N) is 2. The van der Waals surface area contributed by atoms with Gasteiger partial charge in [-0.25, -0.2) is 4.79 Å². The predicted octanol–water partition coefficient (Wildman–Crippen LogP) is 2.28. The second-order valence-corrected chi connectivity index (χ2v) is 6.29. The summed E-state index contributed by atoms with van der Waals surface area (Å²) in [6, 6.07) is 8.00. The zero-order chi connectivity index (χ0) is 15.5. The van der Waals surface area contributed by atoms with Crippen LogP contribution in [-0.2, 0) is 4.74 Å². The molecule has 2 N–H and O–H groups in total. The standard InChI is InChI=1S/C16H24N2O3/c1-16(2,3)21-15(19)18-14-10-17-9-13(14)11-5-7-12(20-4)8-6-11/h5-8,13-14,17H,9-10H2,1-4H3,(H,18,19)/t13-,14+/m1/s1. The summed E-state index contributed by atoms with van der Waals surface area (Å²) in [4.78, 5) is 11.9. The van der Waals surface area contributed by atoms with E-state index in [-0.39, 0.29) is 18.1 Å². The van der Waals surface area contributed by atoms with E-state index in [2.05, 4.69) is 10.6 Å². The van der Waals surface area contributed by atoms with Crippen LogP contribution in [0, 0.1) is 0 Å². The van der Waals surface area contributed by atoms with Gasteiger partial charge >= 0.3 is 6.09 Å². The summed E-state index contributed by atoms with van der Waals surface area (Å²) >= 11 is 0. The molecular weight excluding hydrogens is 268 g/mol. The van der Waals surface area contributed by atoms with E-state index in [4.69, 9.17) is 9.47 Å². The van der Waals surface area contributed by atoms with E-state index < -0.39 is 5.60 Å². The Balaban J connectivity index is 2.01. The quantitative estimate of drug-likeness (QED) is 0.897. The van der Waals surface area contributed by atoms with Gasteiger partial charge in [-0.05, 0) is 38.5 Å². The molecule has 0 bridgehead atoms. The molecule has 21 heavy (non-hydrogen) atoms. The van der Waals surface area contributed by atoms with Crippen molar-refractivity contribution in [2.24, 2.45) is 0 Å². The zero-order valence-electron chi connectivity index (χ0n) is 13.1. The molecule has 116 valence electrons. The molecule has 2 atom stereocenters. The third-order valence-electron chi connectivity index (χ3n) is 3.46. The van der Waals surface area contributed by atoms with Crippen molar-refractivity contribution in [2.75, 3.05) is 20.2 Å². The number of methoxy groups -OCH3 is 1. The van der Waals surface area contributed by atoms with E-state index in [1.807, 2.05) is 45.0 Å². The number of benzene rings is 1. The van der Waals surface area contributed by atoms with Crippen molar-refractivity contribution in [1.29, 1.82) is 0 Å². The second kappa shape index (κ2) is 6.35. The van der Waals surface area contributed by atoms with Crippen LogP contribution in [0.5, 0.6) is 5.75 Å². The summed E-state index contributed by atoms with van der Waals surface area (Å²) in [6.45, 7) is 7.17. The van der Waals surface area contributed by atoms with Crippen LogP contribution in [0.1, 0.15) is 32.3 Å². The number of rotatable bonds is 3. The molecule has 0 unspecified atom stereocenters. The maximum Gasteiger partial charge on any atom is 0.407 e. The SMILES string of the molecule is COc1ccc([C@H]2CNC[C@@H]2NC(=O)OC(C)(C)C)cc1. The highest BCUT2D eigenvalue weighted by atomic mass is 16.6. The molecule has 2 rings (SSSR count). The van der Waals surface area contributed by atoms with Crippen LogP contribution >= 0.6 is 0 Å². The Labute approximate surface area is 126 Å². The maximum absolute atomic E-state index is 11.9. The number of alkyl carbamates (subject to hydrolysis) is 1. The fourth-order valence-corrected chi connectivity index (χ4v) is 2.49. The van der Waals surface area contributed by atoms with Crippen molar-refractivity contribution in [2.45, 2.75) is 38.3 Å². The van der Waals surface area contributed by atoms with Crippen LogP contribution in [0.2, 0.25) is 0 Å². The Morgan fingerprint density at radius 3 is 2.48 bits per heavy atom. The smallest absolute Gasteiger partial charge is 0.407 e. The summed E-state index contributed by atoms with van der Waals surface area (Å²) in [7, 11) is 1.65. The molecule has 5 nitrogen and oxygen atoms in total. The first-order valence-electron chi connectivity index (χ1n) is 7.23. The fraction of sp³-hybridized carbons (Fsp3) is 0.562. The lowest BCUT2D eigenvalue weighted by Crippen LogP contribution is -2.42. The van der Waals surface area contributed by atoms with Gasteiger partial charge in [0.05, 0.1) is 13.2 Å². The Morgan fingerprint density at radius 2 is 1.90 bits per heavy atom. The average Bonchev–Trinajstić information content (AvgIpc) is 2.84. The highest BCUT2D eigenvalue weighted by Crippen LogP contribution is 2.25. The largest absolute Gasteiger partial charge is 0.497 e. The molecule has 1 aromatic carbocycles. The van der Waals surface area contributed by atoms with E-state index in [9.17, 15) is 4.79 Å². The van der Waals surface area contributed by atoms with Crippen molar-refractivity contribution in [1.82, 2.24) is 10.6 Å². The molecule has 5 heteroatoms. The molecule has 1 saturated heterocycles. The first kappa shape index (κ1) is 15.6. The molecule has 1 aromatic rings. The number of amides is 1. The van der Waals surface area contributed by atoms with Crippen molar-refractivity contribution < 1.29 is 14.3 Å². The number of carbonyl (C=O) groups is 1. The van der Waals surface area contributed by atoms with E-state index in [1.54, 1.807) is 7.11 Å². The molecule has 0 radical (unpaired) electrons. The molecule has 0 aliphatic carbocycles. The van der Waals surface area contributed by atoms with Crippen LogP contribution < -0.4 is 15.4 Å². The summed E-state index contributed by atoms with van der Waals surface area (Å²) in [6.07, 6.45) is -0.366.